The molecule has 1 saturated heterocycles. The van der Waals surface area contributed by atoms with E-state index in [4.69, 9.17) is 14.5 Å². The van der Waals surface area contributed by atoms with Gasteiger partial charge in [0, 0.05) is 44.0 Å². The molecule has 1 atom stereocenters. The molecule has 0 radical (unpaired) electrons. The number of aromatic nitrogens is 1. The Kier molecular flexibility index (Phi) is 6.86. The highest BCUT2D eigenvalue weighted by Gasteiger charge is 2.39. The molecule has 1 aromatic rings. The van der Waals surface area contributed by atoms with Gasteiger partial charge in [0.15, 0.2) is 0 Å². The number of esters is 1. The molecule has 0 unspecified atom stereocenters. The Labute approximate surface area is 202 Å². The third kappa shape index (κ3) is 4.90. The molecule has 0 spiro atoms. The molecule has 3 heterocycles. The van der Waals surface area contributed by atoms with Crippen molar-refractivity contribution in [3.63, 3.8) is 0 Å². The van der Waals surface area contributed by atoms with Crippen LogP contribution < -0.4 is 4.90 Å². The topological polar surface area (TPSA) is 95.8 Å². The standard InChI is InChI=1S/C26H36N4O4/c1-16(2)21-14-29(10-11-30(21)22(31)8-9-23(32)33-5)25-19(13-27)18-12-26(3,4)34-15-20(18)24(28-25)17-6-7-17/h16-17,21H,6-12,14-15H2,1-5H3/t21-/m0/s1. The second-order valence-corrected chi connectivity index (χ2v) is 10.7. The number of carbonyl (C=O) groups excluding carboxylic acids is 2. The Hall–Kier alpha value is -2.66. The fourth-order valence-electron chi connectivity index (χ4n) is 5.16. The van der Waals surface area contributed by atoms with Gasteiger partial charge in [-0.1, -0.05) is 13.8 Å². The number of methoxy groups -OCH3 is 1. The summed E-state index contributed by atoms with van der Waals surface area (Å²) in [6, 6.07) is 2.45. The lowest BCUT2D eigenvalue weighted by Crippen LogP contribution is -2.57. The minimum atomic E-state index is -0.371. The van der Waals surface area contributed by atoms with Crippen molar-refractivity contribution in [2.24, 2.45) is 5.92 Å². The number of amides is 1. The monoisotopic (exact) mass is 468 g/mol. The van der Waals surface area contributed by atoms with Crippen molar-refractivity contribution in [3.8, 4) is 6.07 Å². The number of ether oxygens (including phenoxy) is 2. The maximum absolute atomic E-state index is 12.9. The van der Waals surface area contributed by atoms with Gasteiger partial charge in [-0.05, 0) is 38.2 Å². The molecule has 1 aromatic heterocycles. The van der Waals surface area contributed by atoms with Gasteiger partial charge in [0.2, 0.25) is 5.91 Å². The summed E-state index contributed by atoms with van der Waals surface area (Å²) < 4.78 is 10.8. The molecule has 3 aliphatic rings. The molecule has 34 heavy (non-hydrogen) atoms. The number of anilines is 1. The summed E-state index contributed by atoms with van der Waals surface area (Å²) in [6.07, 6.45) is 3.20. The normalized spacial score (nSPS) is 21.7. The van der Waals surface area contributed by atoms with Crippen molar-refractivity contribution in [1.82, 2.24) is 9.88 Å². The van der Waals surface area contributed by atoms with E-state index >= 15 is 0 Å². The van der Waals surface area contributed by atoms with E-state index in [2.05, 4.69) is 38.7 Å². The molecule has 184 valence electrons. The van der Waals surface area contributed by atoms with Crippen molar-refractivity contribution < 1.29 is 19.1 Å². The molecule has 4 rings (SSSR count). The van der Waals surface area contributed by atoms with Crippen LogP contribution in [0, 0.1) is 17.2 Å². The number of hydrogen-bond acceptors (Lipinski definition) is 7. The molecule has 1 saturated carbocycles. The van der Waals surface area contributed by atoms with E-state index in [1.165, 1.54) is 7.11 Å². The van der Waals surface area contributed by atoms with Crippen LogP contribution in [0.4, 0.5) is 5.82 Å². The van der Waals surface area contributed by atoms with Gasteiger partial charge in [0.05, 0.1) is 43.0 Å². The highest BCUT2D eigenvalue weighted by molar-refractivity contribution is 5.82. The Balaban J connectivity index is 1.64. The van der Waals surface area contributed by atoms with Crippen molar-refractivity contribution in [2.45, 2.75) is 84.0 Å². The average Bonchev–Trinajstić information content (AvgIpc) is 3.65. The predicted octanol–water partition coefficient (Wildman–Crippen LogP) is 3.31. The van der Waals surface area contributed by atoms with E-state index < -0.39 is 0 Å². The first-order chi connectivity index (χ1) is 16.1. The van der Waals surface area contributed by atoms with Gasteiger partial charge in [0.25, 0.3) is 0 Å². The summed E-state index contributed by atoms with van der Waals surface area (Å²) in [4.78, 5) is 33.6. The summed E-state index contributed by atoms with van der Waals surface area (Å²) >= 11 is 0. The second-order valence-electron chi connectivity index (χ2n) is 10.7. The van der Waals surface area contributed by atoms with Crippen molar-refractivity contribution in [3.05, 3.63) is 22.4 Å². The number of rotatable bonds is 6. The summed E-state index contributed by atoms with van der Waals surface area (Å²) in [5, 5.41) is 10.2. The van der Waals surface area contributed by atoms with Gasteiger partial charge < -0.3 is 19.3 Å². The first-order valence-electron chi connectivity index (χ1n) is 12.4. The summed E-state index contributed by atoms with van der Waals surface area (Å²) in [5.41, 5.74) is 3.63. The van der Waals surface area contributed by atoms with Gasteiger partial charge in [-0.3, -0.25) is 9.59 Å². The number of pyridine rings is 1. The van der Waals surface area contributed by atoms with Crippen LogP contribution in [0.25, 0.3) is 0 Å². The number of piperazine rings is 1. The van der Waals surface area contributed by atoms with Gasteiger partial charge >= 0.3 is 5.97 Å². The Morgan fingerprint density at radius 3 is 2.59 bits per heavy atom. The third-order valence-electron chi connectivity index (χ3n) is 7.29. The van der Waals surface area contributed by atoms with Gasteiger partial charge in [-0.15, -0.1) is 0 Å². The van der Waals surface area contributed by atoms with Crippen LogP contribution in [-0.2, 0) is 32.1 Å². The average molecular weight is 469 g/mol. The van der Waals surface area contributed by atoms with E-state index in [1.807, 2.05) is 4.90 Å². The zero-order valence-electron chi connectivity index (χ0n) is 21.0. The summed E-state index contributed by atoms with van der Waals surface area (Å²) in [7, 11) is 1.34. The Bertz CT molecular complexity index is 1010. The fourth-order valence-corrected chi connectivity index (χ4v) is 5.16. The van der Waals surface area contributed by atoms with Gasteiger partial charge in [-0.25, -0.2) is 4.98 Å². The summed E-state index contributed by atoms with van der Waals surface area (Å²) in [6.45, 7) is 10.6. The van der Waals surface area contributed by atoms with Gasteiger partial charge in [-0.2, -0.15) is 5.26 Å². The number of nitriles is 1. The highest BCUT2D eigenvalue weighted by Crippen LogP contribution is 2.46. The molecule has 0 N–H and O–H groups in total. The third-order valence-corrected chi connectivity index (χ3v) is 7.29. The van der Waals surface area contributed by atoms with Crippen LogP contribution >= 0.6 is 0 Å². The molecular formula is C26H36N4O4. The predicted molar refractivity (Wildman–Crippen MR) is 127 cm³/mol. The summed E-state index contributed by atoms with van der Waals surface area (Å²) in [5.74, 6) is 1.04. The fraction of sp³-hybridized carbons (Fsp3) is 0.692. The SMILES string of the molecule is COC(=O)CCC(=O)N1CCN(c2nc(C3CC3)c3c(c2C#N)CC(C)(C)OC3)C[C@H]1C(C)C. The Morgan fingerprint density at radius 1 is 1.24 bits per heavy atom. The first-order valence-corrected chi connectivity index (χ1v) is 12.4. The molecule has 1 aliphatic carbocycles. The van der Waals surface area contributed by atoms with Crippen LogP contribution in [-0.4, -0.2) is 60.1 Å². The lowest BCUT2D eigenvalue weighted by atomic mass is 9.87. The zero-order valence-corrected chi connectivity index (χ0v) is 21.0. The van der Waals surface area contributed by atoms with Crippen molar-refractivity contribution in [2.75, 3.05) is 31.6 Å². The highest BCUT2D eigenvalue weighted by atomic mass is 16.5. The van der Waals surface area contributed by atoms with E-state index in [9.17, 15) is 14.9 Å². The van der Waals surface area contributed by atoms with Crippen molar-refractivity contribution >= 4 is 17.7 Å². The van der Waals surface area contributed by atoms with Crippen LogP contribution in [0.2, 0.25) is 0 Å². The Morgan fingerprint density at radius 2 is 1.97 bits per heavy atom. The minimum Gasteiger partial charge on any atom is -0.469 e. The maximum Gasteiger partial charge on any atom is 0.306 e. The lowest BCUT2D eigenvalue weighted by molar-refractivity contribution is -0.144. The van der Waals surface area contributed by atoms with Crippen LogP contribution in [0.15, 0.2) is 0 Å². The van der Waals surface area contributed by atoms with E-state index in [1.54, 1.807) is 0 Å². The van der Waals surface area contributed by atoms with Crippen molar-refractivity contribution in [1.29, 1.82) is 5.26 Å². The smallest absolute Gasteiger partial charge is 0.306 e. The molecule has 1 amide bonds. The minimum absolute atomic E-state index is 0.0209. The number of fused-ring (bicyclic) bond motifs is 1. The van der Waals surface area contributed by atoms with E-state index in [0.717, 1.165) is 35.5 Å². The largest absolute Gasteiger partial charge is 0.469 e. The second kappa shape index (κ2) is 9.53. The molecule has 8 nitrogen and oxygen atoms in total. The van der Waals surface area contributed by atoms with Gasteiger partial charge in [0.1, 0.15) is 11.9 Å². The molecule has 2 aliphatic heterocycles. The molecular weight excluding hydrogens is 432 g/mol. The first kappa shape index (κ1) is 24.5. The van der Waals surface area contributed by atoms with E-state index in [-0.39, 0.29) is 42.3 Å². The molecule has 0 aromatic carbocycles. The van der Waals surface area contributed by atoms with Crippen LogP contribution in [0.3, 0.4) is 0 Å². The number of nitrogens with zero attached hydrogens (tertiary/aromatic N) is 4. The van der Waals surface area contributed by atoms with Crippen LogP contribution in [0.5, 0.6) is 0 Å². The molecule has 2 fully saturated rings. The number of carbonyl (C=O) groups is 2. The van der Waals surface area contributed by atoms with Crippen LogP contribution in [0.1, 0.15) is 81.7 Å². The quantitative estimate of drug-likeness (QED) is 0.591. The zero-order chi connectivity index (χ0) is 24.6. The number of hydrogen-bond donors (Lipinski definition) is 0. The van der Waals surface area contributed by atoms with E-state index in [0.29, 0.717) is 44.1 Å². The lowest BCUT2D eigenvalue weighted by Gasteiger charge is -2.44. The molecule has 8 heteroatoms. The maximum atomic E-state index is 12.9. The molecule has 0 bridgehead atoms.